The Morgan fingerprint density at radius 1 is 0.900 bits per heavy atom. The average molecular weight is 232 g/mol. The van der Waals surface area contributed by atoms with E-state index in [-0.39, 0.29) is 94.8 Å². The zero-order valence-electron chi connectivity index (χ0n) is 6.96. The second-order valence-corrected chi connectivity index (χ2v) is 1.22. The van der Waals surface area contributed by atoms with Gasteiger partial charge < -0.3 is 28.4 Å². The van der Waals surface area contributed by atoms with Gasteiger partial charge in [-0.25, -0.2) is 0 Å². The molecule has 0 unspecified atom stereocenters. The van der Waals surface area contributed by atoms with Crippen molar-refractivity contribution in [1.82, 2.24) is 0 Å². The van der Waals surface area contributed by atoms with E-state index in [1.165, 1.54) is 0 Å². The predicted molar refractivity (Wildman–Crippen MR) is 35.0 cm³/mol. The Labute approximate surface area is 121 Å². The maximum Gasteiger partial charge on any atom is 2.00 e. The summed E-state index contributed by atoms with van der Waals surface area (Å²) >= 11 is 0. The van der Waals surface area contributed by atoms with Gasteiger partial charge in [-0.2, -0.15) is 0 Å². The first kappa shape index (κ1) is 39.6. The summed E-state index contributed by atoms with van der Waals surface area (Å²) in [6.07, 6.45) is 0. The smallest absolute Gasteiger partial charge is 1.00 e. The summed E-state index contributed by atoms with van der Waals surface area (Å²) in [7, 11) is -5.17. The van der Waals surface area contributed by atoms with Crippen molar-refractivity contribution in [2.75, 3.05) is 0 Å². The first-order chi connectivity index (χ1) is 2.00. The molecule has 0 atom stereocenters. The molecule has 0 spiro atoms. The van der Waals surface area contributed by atoms with Gasteiger partial charge in [-0.05, 0) is 0 Å². The molecule has 0 radical (unpaired) electrons. The summed E-state index contributed by atoms with van der Waals surface area (Å²) in [4.78, 5) is 0. The van der Waals surface area contributed by atoms with Crippen LogP contribution in [-0.2, 0) is 10.4 Å². The summed E-state index contributed by atoms with van der Waals surface area (Å²) in [6, 6.07) is 0. The average Bonchev–Trinajstić information content (AvgIpc) is 0.722. The van der Waals surface area contributed by atoms with Crippen molar-refractivity contribution in [3.8, 4) is 0 Å². The summed E-state index contributed by atoms with van der Waals surface area (Å²) in [5.74, 6) is 0. The van der Waals surface area contributed by atoms with Crippen molar-refractivity contribution in [1.29, 1.82) is 0 Å². The Morgan fingerprint density at radius 3 is 0.900 bits per heavy atom. The molecule has 10 heteroatoms. The van der Waals surface area contributed by atoms with E-state index < -0.39 is 10.4 Å². The van der Waals surface area contributed by atoms with Gasteiger partial charge in [0.25, 0.3) is 0 Å². The van der Waals surface area contributed by atoms with Crippen LogP contribution in [0.2, 0.25) is 0 Å². The van der Waals surface area contributed by atoms with E-state index in [0.29, 0.717) is 0 Å². The van der Waals surface area contributed by atoms with E-state index in [2.05, 4.69) is 0 Å². The van der Waals surface area contributed by atoms with E-state index in [9.17, 15) is 0 Å². The van der Waals surface area contributed by atoms with E-state index >= 15 is 0 Å². The van der Waals surface area contributed by atoms with Crippen molar-refractivity contribution >= 4 is 85.9 Å². The Morgan fingerprint density at radius 2 is 0.900 bits per heavy atom. The number of hydrogen-bond donors (Lipinski definition) is 0. The molecule has 0 heterocycles. The van der Waals surface area contributed by atoms with Gasteiger partial charge in [0, 0.05) is 10.4 Å². The van der Waals surface area contributed by atoms with E-state index in [1.54, 1.807) is 0 Å². The molecule has 10 heavy (non-hydrogen) atoms. The summed E-state index contributed by atoms with van der Waals surface area (Å²) in [5, 5.41) is 0. The van der Waals surface area contributed by atoms with Gasteiger partial charge >= 0.3 is 75.5 Å². The number of rotatable bonds is 0. The first-order valence-corrected chi connectivity index (χ1v) is 2.00. The molecule has 0 bridgehead atoms. The van der Waals surface area contributed by atoms with Crippen LogP contribution in [0.25, 0.3) is 0 Å². The molecule has 0 aromatic heterocycles. The first-order valence-electron chi connectivity index (χ1n) is 0.667. The third-order valence-electron chi connectivity index (χ3n) is 0. The molecule has 0 saturated heterocycles. The third kappa shape index (κ3) is 171. The van der Waals surface area contributed by atoms with Crippen molar-refractivity contribution in [3.63, 3.8) is 0 Å². The molecule has 7 nitrogen and oxygen atoms in total. The fourth-order valence-electron chi connectivity index (χ4n) is 0. The molecule has 0 aromatic rings. The second-order valence-electron chi connectivity index (χ2n) is 0.408. The zero-order chi connectivity index (χ0) is 4.50. The normalized spacial score (nSPS) is 5.80. The molecule has 0 rings (SSSR count). The van der Waals surface area contributed by atoms with Crippen molar-refractivity contribution in [2.45, 2.75) is 0 Å². The molecule has 0 aliphatic rings. The van der Waals surface area contributed by atoms with Crippen LogP contribution in [0.4, 0.5) is 0 Å². The molecule has 0 aliphatic carbocycles. The van der Waals surface area contributed by atoms with Gasteiger partial charge in [0.1, 0.15) is 0 Å². The van der Waals surface area contributed by atoms with Crippen LogP contribution >= 0.6 is 0 Å². The van der Waals surface area contributed by atoms with Gasteiger partial charge in [0.15, 0.2) is 0 Å². The van der Waals surface area contributed by atoms with Gasteiger partial charge in [0.05, 0.1) is 0 Å². The summed E-state index contributed by atoms with van der Waals surface area (Å²) < 4.78 is 34.1. The van der Waals surface area contributed by atoms with Crippen molar-refractivity contribution < 1.29 is 36.8 Å². The molecule has 0 aliphatic heterocycles. The Hall–Kier alpha value is 2.27. The van der Waals surface area contributed by atoms with Gasteiger partial charge in [0.2, 0.25) is 0 Å². The second kappa shape index (κ2) is 17.4. The van der Waals surface area contributed by atoms with Crippen LogP contribution < -0.4 is 0 Å². The number of hydrogen-bond acceptors (Lipinski definition) is 4. The largest absolute Gasteiger partial charge is 2.00 e. The minimum atomic E-state index is -5.17. The third-order valence-corrected chi connectivity index (χ3v) is 0. The maximum absolute atomic E-state index is 8.52. The van der Waals surface area contributed by atoms with Gasteiger partial charge in [-0.15, -0.1) is 0 Å². The van der Waals surface area contributed by atoms with Crippen LogP contribution in [0, 0.1) is 0 Å². The molecule has 0 fully saturated rings. The van der Waals surface area contributed by atoms with Crippen LogP contribution in [0.5, 0.6) is 0 Å². The zero-order valence-corrected chi connectivity index (χ0v) is 10.2. The predicted octanol–water partition coefficient (Wildman–Crippen LogP) is -4.35. The quantitative estimate of drug-likeness (QED) is 0.233. The van der Waals surface area contributed by atoms with Gasteiger partial charge in [-0.3, -0.25) is 8.42 Å². The van der Waals surface area contributed by atoms with Crippen molar-refractivity contribution in [3.05, 3.63) is 0 Å². The molecule has 0 saturated carbocycles. The Kier molecular flexibility index (Phi) is 68.9. The van der Waals surface area contributed by atoms with Crippen LogP contribution in [0.3, 0.4) is 0 Å². The SMILES string of the molecule is O.O.O.O=S(=O)([O-])[O-].[Ca+2].[Ca+2].[H-].[H-]. The fourth-order valence-corrected chi connectivity index (χ4v) is 0. The van der Waals surface area contributed by atoms with E-state index in [0.717, 1.165) is 0 Å². The molecule has 60 valence electrons. The van der Waals surface area contributed by atoms with Crippen molar-refractivity contribution in [2.24, 2.45) is 0 Å². The monoisotopic (exact) mass is 232 g/mol. The Balaban J connectivity index is -0.00000000381. The Bertz CT molecular complexity index is 103. The van der Waals surface area contributed by atoms with Crippen LogP contribution in [0.15, 0.2) is 0 Å². The standard InChI is InChI=1S/2Ca.H2O4S.3H2O.2H/c;;1-5(2,3)4;;;;;/h;;(H2,1,2,3,4);3*1H2;;/q2*+2;;;;;2*-1/p-2. The van der Waals surface area contributed by atoms with E-state index in [4.69, 9.17) is 17.5 Å². The van der Waals surface area contributed by atoms with Crippen LogP contribution in [0.1, 0.15) is 2.85 Å². The minimum absolute atomic E-state index is 0. The molecule has 0 amide bonds. The molecular formula is H8Ca2O7S. The maximum atomic E-state index is 8.52. The fraction of sp³-hybridized carbons (Fsp3) is 0. The van der Waals surface area contributed by atoms with E-state index in [1.807, 2.05) is 0 Å². The summed E-state index contributed by atoms with van der Waals surface area (Å²) in [5.41, 5.74) is 0. The topological polar surface area (TPSA) is 175 Å². The molecule has 0 aromatic carbocycles. The summed E-state index contributed by atoms with van der Waals surface area (Å²) in [6.45, 7) is 0. The van der Waals surface area contributed by atoms with Gasteiger partial charge in [-0.1, -0.05) is 0 Å². The molecule has 6 N–H and O–H groups in total. The minimum Gasteiger partial charge on any atom is -1.00 e. The van der Waals surface area contributed by atoms with Crippen LogP contribution in [-0.4, -0.2) is 109 Å². The molecular weight excluding hydrogens is 224 g/mol.